The number of hydrogen-bond donors (Lipinski definition) is 3. The van der Waals surface area contributed by atoms with Gasteiger partial charge >= 0.3 is 13.7 Å². The minimum atomic E-state index is -4.24. The second-order valence-corrected chi connectivity index (χ2v) is 10.6. The summed E-state index contributed by atoms with van der Waals surface area (Å²) in [5.74, 6) is -0.329. The number of hydrogen-bond acceptors (Lipinski definition) is 12. The predicted octanol–water partition coefficient (Wildman–Crippen LogP) is 2.48. The molecule has 3 heterocycles. The average Bonchev–Trinajstić information content (AvgIpc) is 3.45. The van der Waals surface area contributed by atoms with E-state index in [2.05, 4.69) is 30.1 Å². The molecule has 0 radical (unpaired) electrons. The monoisotopic (exact) mass is 561 g/mol. The predicted molar refractivity (Wildman–Crippen MR) is 137 cm³/mol. The lowest BCUT2D eigenvalue weighted by atomic mass is 10.1. The minimum absolute atomic E-state index is 0.132. The summed E-state index contributed by atoms with van der Waals surface area (Å²) in [5.41, 5.74) is 15.6. The summed E-state index contributed by atoms with van der Waals surface area (Å²) in [7, 11) is -4.24. The molecule has 0 spiro atoms. The third kappa shape index (κ3) is 6.45. The molecule has 2 aromatic heterocycles. The second-order valence-electron chi connectivity index (χ2n) is 8.87. The molecule has 1 aliphatic heterocycles. The van der Waals surface area contributed by atoms with Crippen molar-refractivity contribution in [3.05, 3.63) is 53.4 Å². The third-order valence-electron chi connectivity index (χ3n) is 5.62. The van der Waals surface area contributed by atoms with Crippen molar-refractivity contribution in [2.75, 3.05) is 12.3 Å². The van der Waals surface area contributed by atoms with Crippen LogP contribution in [-0.2, 0) is 23.4 Å². The number of nitrogens with zero attached hydrogens (tertiary/aromatic N) is 7. The van der Waals surface area contributed by atoms with Crippen LogP contribution in [0.25, 0.3) is 21.6 Å². The number of aromatic nitrogens is 4. The van der Waals surface area contributed by atoms with Gasteiger partial charge in [0.15, 0.2) is 11.5 Å². The number of ether oxygens (including phenoxy) is 2. The maximum atomic E-state index is 13.7. The van der Waals surface area contributed by atoms with E-state index in [0.717, 1.165) is 0 Å². The average molecular weight is 561 g/mol. The number of aliphatic hydroxyl groups excluding tert-OH is 1. The van der Waals surface area contributed by atoms with Crippen molar-refractivity contribution in [1.29, 1.82) is 0 Å². The minimum Gasteiger partial charge on any atom is -0.462 e. The molecule has 0 saturated carbocycles. The molecule has 2 unspecified atom stereocenters. The third-order valence-corrected chi connectivity index (χ3v) is 7.26. The summed E-state index contributed by atoms with van der Waals surface area (Å²) in [4.78, 5) is 27.4. The Morgan fingerprint density at radius 1 is 1.31 bits per heavy atom. The van der Waals surface area contributed by atoms with Crippen molar-refractivity contribution in [2.45, 2.75) is 57.4 Å². The molecule has 208 valence electrons. The number of azide groups is 1. The van der Waals surface area contributed by atoms with Gasteiger partial charge in [0.25, 0.3) is 0 Å². The van der Waals surface area contributed by atoms with Gasteiger partial charge in [-0.15, -0.1) is 0 Å². The van der Waals surface area contributed by atoms with Crippen molar-refractivity contribution < 1.29 is 33.0 Å². The lowest BCUT2D eigenvalue weighted by Gasteiger charge is -2.25. The molecular formula is C22H28N9O7P. The molecular weight excluding hydrogens is 533 g/mol. The van der Waals surface area contributed by atoms with Gasteiger partial charge in [-0.05, 0) is 38.4 Å². The first-order chi connectivity index (χ1) is 18.6. The van der Waals surface area contributed by atoms with Crippen LogP contribution in [0.1, 0.15) is 27.0 Å². The quantitative estimate of drug-likeness (QED) is 0.101. The zero-order valence-electron chi connectivity index (χ0n) is 21.3. The molecule has 3 aromatic rings. The number of esters is 1. The van der Waals surface area contributed by atoms with E-state index in [9.17, 15) is 14.5 Å². The molecule has 1 fully saturated rings. The second kappa shape index (κ2) is 11.9. The van der Waals surface area contributed by atoms with Crippen LogP contribution >= 0.6 is 7.75 Å². The Balaban J connectivity index is 1.55. The van der Waals surface area contributed by atoms with Gasteiger partial charge in [0.05, 0.1) is 25.1 Å². The normalized spacial score (nSPS) is 23.2. The number of para-hydroxylation sites is 1. The number of nitrogens with one attached hydrogen (secondary N) is 1. The Hall–Kier alpha value is -3.78. The summed E-state index contributed by atoms with van der Waals surface area (Å²) < 4.78 is 37.6. The van der Waals surface area contributed by atoms with E-state index in [1.807, 2.05) is 0 Å². The summed E-state index contributed by atoms with van der Waals surface area (Å²) in [6.45, 7) is 4.34. The van der Waals surface area contributed by atoms with Gasteiger partial charge in [0.2, 0.25) is 0 Å². The Bertz CT molecular complexity index is 1400. The van der Waals surface area contributed by atoms with Crippen molar-refractivity contribution in [2.24, 2.45) is 5.11 Å². The molecule has 17 heteroatoms. The number of benzene rings is 1. The van der Waals surface area contributed by atoms with Crippen molar-refractivity contribution >= 4 is 30.7 Å². The number of nitrogen functional groups attached to an aromatic ring is 1. The summed E-state index contributed by atoms with van der Waals surface area (Å²) in [5, 5.41) is 17.2. The Labute approximate surface area is 222 Å². The number of rotatable bonds is 11. The van der Waals surface area contributed by atoms with Gasteiger partial charge in [-0.25, -0.2) is 19.5 Å². The molecule has 4 rings (SSSR count). The number of carbonyl (C=O) groups excluding carboxylic acids is 1. The first kappa shape index (κ1) is 28.2. The molecule has 0 bridgehead atoms. The zero-order valence-corrected chi connectivity index (χ0v) is 22.2. The Morgan fingerprint density at radius 3 is 2.74 bits per heavy atom. The molecule has 0 aliphatic carbocycles. The maximum Gasteiger partial charge on any atom is 0.459 e. The first-order valence-electron chi connectivity index (χ1n) is 11.9. The van der Waals surface area contributed by atoms with Crippen LogP contribution in [0, 0.1) is 0 Å². The van der Waals surface area contributed by atoms with Crippen LogP contribution in [0.5, 0.6) is 5.75 Å². The van der Waals surface area contributed by atoms with Gasteiger partial charge < -0.3 is 24.8 Å². The van der Waals surface area contributed by atoms with Crippen LogP contribution in [-0.4, -0.2) is 67.6 Å². The number of aliphatic hydroxyl groups is 1. The highest BCUT2D eigenvalue weighted by Crippen LogP contribution is 2.46. The number of carbonyl (C=O) groups is 1. The van der Waals surface area contributed by atoms with E-state index in [0.29, 0.717) is 5.52 Å². The fourth-order valence-corrected chi connectivity index (χ4v) is 5.35. The molecule has 1 aromatic carbocycles. The summed E-state index contributed by atoms with van der Waals surface area (Å²) in [6.07, 6.45) is -1.35. The number of imidazole rings is 1. The SMILES string of the molecule is CC(C)OC(=O)[C@@H](C)NP(=O)(OC[C@H]1O[C@@H](n2cnc3c(N)ncnc32)C(N=[N+]=[N-])[C@@H]1O)Oc1ccccc1. The van der Waals surface area contributed by atoms with E-state index < -0.39 is 56.9 Å². The van der Waals surface area contributed by atoms with Crippen LogP contribution < -0.4 is 15.3 Å². The largest absolute Gasteiger partial charge is 0.462 e. The molecule has 6 atom stereocenters. The lowest BCUT2D eigenvalue weighted by Crippen LogP contribution is -2.37. The fraction of sp³-hybridized carbons (Fsp3) is 0.455. The van der Waals surface area contributed by atoms with E-state index in [1.54, 1.807) is 44.2 Å². The Kier molecular flexibility index (Phi) is 8.65. The van der Waals surface area contributed by atoms with Crippen LogP contribution in [0.3, 0.4) is 0 Å². The van der Waals surface area contributed by atoms with Gasteiger partial charge in [-0.2, -0.15) is 5.09 Å². The van der Waals surface area contributed by atoms with E-state index >= 15 is 0 Å². The number of nitrogens with two attached hydrogens (primary N) is 1. The van der Waals surface area contributed by atoms with E-state index in [4.69, 9.17) is 29.8 Å². The highest BCUT2D eigenvalue weighted by atomic mass is 31.2. The van der Waals surface area contributed by atoms with Crippen molar-refractivity contribution in [3.63, 3.8) is 0 Å². The highest BCUT2D eigenvalue weighted by Gasteiger charge is 2.46. The van der Waals surface area contributed by atoms with Crippen molar-refractivity contribution in [3.8, 4) is 5.75 Å². The standard InChI is InChI=1S/C22H28N9O7P/c1-12(2)36-22(33)13(3)29-39(34,38-14-7-5-4-6-8-14)35-9-15-18(32)16(28-30-24)21(37-15)31-11-27-17-19(23)25-10-26-20(17)31/h4-8,10-13,15-16,18,21,32H,9H2,1-3H3,(H,29,34)(H2,23,25,26)/t13-,15-,16?,18-,21-,39?/m1/s1. The molecule has 4 N–H and O–H groups in total. The number of anilines is 1. The molecule has 39 heavy (non-hydrogen) atoms. The van der Waals surface area contributed by atoms with E-state index in [1.165, 1.54) is 24.1 Å². The number of fused-ring (bicyclic) bond motifs is 1. The smallest absolute Gasteiger partial charge is 0.459 e. The summed E-state index contributed by atoms with van der Waals surface area (Å²) in [6, 6.07) is 6.00. The molecule has 1 aliphatic rings. The van der Waals surface area contributed by atoms with Gasteiger partial charge in [-0.3, -0.25) is 13.9 Å². The maximum absolute atomic E-state index is 13.7. The first-order valence-corrected chi connectivity index (χ1v) is 13.4. The molecule has 1 saturated heterocycles. The van der Waals surface area contributed by atoms with Gasteiger partial charge in [-0.1, -0.05) is 23.3 Å². The van der Waals surface area contributed by atoms with Crippen LogP contribution in [0.15, 0.2) is 48.1 Å². The highest BCUT2D eigenvalue weighted by molar-refractivity contribution is 7.52. The van der Waals surface area contributed by atoms with Crippen LogP contribution in [0.2, 0.25) is 0 Å². The fourth-order valence-electron chi connectivity index (χ4n) is 3.84. The van der Waals surface area contributed by atoms with Crippen molar-refractivity contribution in [1.82, 2.24) is 24.6 Å². The topological polar surface area (TPSA) is 222 Å². The van der Waals surface area contributed by atoms with Gasteiger partial charge in [0.1, 0.15) is 42.0 Å². The molecule has 0 amide bonds. The summed E-state index contributed by atoms with van der Waals surface area (Å²) >= 11 is 0. The lowest BCUT2D eigenvalue weighted by molar-refractivity contribution is -0.149. The van der Waals surface area contributed by atoms with E-state index in [-0.39, 0.29) is 17.2 Å². The molecule has 16 nitrogen and oxygen atoms in total. The van der Waals surface area contributed by atoms with Gasteiger partial charge in [0, 0.05) is 4.91 Å². The zero-order chi connectivity index (χ0) is 28.2. The van der Waals surface area contributed by atoms with Crippen LogP contribution in [0.4, 0.5) is 5.82 Å². The Morgan fingerprint density at radius 2 is 2.05 bits per heavy atom.